The molecule has 0 aromatic carbocycles. The van der Waals surface area contributed by atoms with E-state index in [0.29, 0.717) is 0 Å². The molecular formula is C3H5AgNOS+. The van der Waals surface area contributed by atoms with E-state index in [1.165, 1.54) is 5.41 Å². The first-order chi connectivity index (χ1) is 2.77. The molecule has 2 nitrogen and oxygen atoms in total. The first-order valence-electron chi connectivity index (χ1n) is 1.34. The number of amides is 1. The van der Waals surface area contributed by atoms with Gasteiger partial charge in [-0.25, -0.2) is 0 Å². The zero-order chi connectivity index (χ0) is 4.99. The fraction of sp³-hybridized carbons (Fsp3) is 0. The summed E-state index contributed by atoms with van der Waals surface area (Å²) in [6.07, 6.45) is 0. The molecule has 1 amide bonds. The Labute approximate surface area is 62.0 Å². The van der Waals surface area contributed by atoms with E-state index in [1.54, 1.807) is 0 Å². The quantitative estimate of drug-likeness (QED) is 0.656. The molecule has 0 rings (SSSR count). The van der Waals surface area contributed by atoms with Gasteiger partial charge in [0.2, 0.25) is 0 Å². The molecule has 44 valence electrons. The summed E-state index contributed by atoms with van der Waals surface area (Å²) in [5.41, 5.74) is 4.66. The van der Waals surface area contributed by atoms with Gasteiger partial charge in [0.1, 0.15) is 0 Å². The first-order valence-corrected chi connectivity index (χ1v) is 2.22. The van der Waals surface area contributed by atoms with Gasteiger partial charge in [-0.15, -0.1) is 0 Å². The van der Waals surface area contributed by atoms with Gasteiger partial charge in [0, 0.05) is 0 Å². The van der Waals surface area contributed by atoms with Crippen molar-refractivity contribution in [3.8, 4) is 0 Å². The van der Waals surface area contributed by atoms with Gasteiger partial charge < -0.3 is 5.73 Å². The molecule has 2 N–H and O–H groups in total. The second-order valence-electron chi connectivity index (χ2n) is 0.604. The number of hydrogen-bond donors (Lipinski definition) is 1. The van der Waals surface area contributed by atoms with Crippen LogP contribution in [0, 0.1) is 0 Å². The summed E-state index contributed by atoms with van der Waals surface area (Å²) in [6, 6.07) is 0. The minimum atomic E-state index is -0.412. The summed E-state index contributed by atoms with van der Waals surface area (Å²) in [5.74, 6) is 0. The van der Waals surface area contributed by atoms with Crippen molar-refractivity contribution in [3.05, 3.63) is 12.0 Å². The SMILES string of the molecule is C=CSC(N)=O.[Ag+]. The molecular weight excluding hydrogens is 206 g/mol. The summed E-state index contributed by atoms with van der Waals surface area (Å²) < 4.78 is 0. The summed E-state index contributed by atoms with van der Waals surface area (Å²) in [6.45, 7) is 3.26. The van der Waals surface area contributed by atoms with Crippen LogP contribution < -0.4 is 5.73 Å². The van der Waals surface area contributed by atoms with Crippen LogP contribution in [0.5, 0.6) is 0 Å². The Hall–Kier alpha value is 0.300. The number of carbonyl (C=O) groups is 1. The molecule has 0 spiro atoms. The molecule has 0 bridgehead atoms. The second kappa shape index (κ2) is 6.30. The van der Waals surface area contributed by atoms with Crippen molar-refractivity contribution in [3.63, 3.8) is 0 Å². The molecule has 4 heteroatoms. The van der Waals surface area contributed by atoms with Gasteiger partial charge in [0.15, 0.2) is 0 Å². The molecule has 0 atom stereocenters. The molecule has 0 aromatic rings. The van der Waals surface area contributed by atoms with Gasteiger partial charge in [0.25, 0.3) is 5.24 Å². The summed E-state index contributed by atoms with van der Waals surface area (Å²) in [4.78, 5) is 9.71. The van der Waals surface area contributed by atoms with Gasteiger partial charge >= 0.3 is 22.4 Å². The number of rotatable bonds is 1. The fourth-order valence-corrected chi connectivity index (χ4v) is 0.246. The smallest absolute Gasteiger partial charge is 0.360 e. The van der Waals surface area contributed by atoms with Crippen LogP contribution in [0.3, 0.4) is 0 Å². The van der Waals surface area contributed by atoms with E-state index in [1.807, 2.05) is 0 Å². The van der Waals surface area contributed by atoms with Gasteiger partial charge in [-0.1, -0.05) is 6.58 Å². The molecule has 0 aromatic heterocycles. The first kappa shape index (κ1) is 10.3. The van der Waals surface area contributed by atoms with Crippen molar-refractivity contribution < 1.29 is 27.2 Å². The van der Waals surface area contributed by atoms with E-state index in [-0.39, 0.29) is 22.4 Å². The second-order valence-corrected chi connectivity index (χ2v) is 1.57. The molecule has 0 aliphatic rings. The van der Waals surface area contributed by atoms with E-state index < -0.39 is 5.24 Å². The Morgan fingerprint density at radius 1 is 1.86 bits per heavy atom. The van der Waals surface area contributed by atoms with Crippen LogP contribution in [-0.2, 0) is 22.4 Å². The van der Waals surface area contributed by atoms with Crippen LogP contribution in [-0.4, -0.2) is 5.24 Å². The maximum atomic E-state index is 9.71. The van der Waals surface area contributed by atoms with Crippen LogP contribution in [0.4, 0.5) is 4.79 Å². The molecule has 0 saturated carbocycles. The molecule has 0 aliphatic heterocycles. The number of primary amides is 1. The minimum absolute atomic E-state index is 0. The van der Waals surface area contributed by atoms with Crippen LogP contribution in [0.15, 0.2) is 12.0 Å². The third-order valence-electron chi connectivity index (χ3n) is 0.199. The molecule has 0 fully saturated rings. The van der Waals surface area contributed by atoms with Crippen molar-refractivity contribution in [1.82, 2.24) is 0 Å². The number of thioether (sulfide) groups is 1. The van der Waals surface area contributed by atoms with Crippen LogP contribution in [0.25, 0.3) is 0 Å². The van der Waals surface area contributed by atoms with Crippen molar-refractivity contribution in [2.24, 2.45) is 5.73 Å². The van der Waals surface area contributed by atoms with Gasteiger partial charge in [-0.3, -0.25) is 4.79 Å². The third kappa shape index (κ3) is 10.7. The summed E-state index contributed by atoms with van der Waals surface area (Å²) in [5, 5.41) is 0.979. The summed E-state index contributed by atoms with van der Waals surface area (Å²) in [7, 11) is 0. The Morgan fingerprint density at radius 2 is 2.29 bits per heavy atom. The van der Waals surface area contributed by atoms with E-state index in [4.69, 9.17) is 0 Å². The fourth-order valence-electron chi connectivity index (χ4n) is 0.0821. The van der Waals surface area contributed by atoms with E-state index in [2.05, 4.69) is 12.3 Å². The molecule has 0 unspecified atom stereocenters. The normalized spacial score (nSPS) is 6.29. The molecule has 0 heterocycles. The largest absolute Gasteiger partial charge is 1.00 e. The Morgan fingerprint density at radius 3 is 2.29 bits per heavy atom. The topological polar surface area (TPSA) is 43.1 Å². The van der Waals surface area contributed by atoms with Crippen LogP contribution in [0.2, 0.25) is 0 Å². The predicted octanol–water partition coefficient (Wildman–Crippen LogP) is 0.939. The van der Waals surface area contributed by atoms with E-state index in [9.17, 15) is 4.79 Å². The van der Waals surface area contributed by atoms with Gasteiger partial charge in [0.05, 0.1) is 0 Å². The van der Waals surface area contributed by atoms with E-state index in [0.717, 1.165) is 11.8 Å². The average Bonchev–Trinajstić information content (AvgIpc) is 1.35. The minimum Gasteiger partial charge on any atom is -0.360 e. The van der Waals surface area contributed by atoms with Gasteiger partial charge in [-0.2, -0.15) is 0 Å². The standard InChI is InChI=1S/C3H5NOS.Ag/c1-2-6-3(4)5;/h2H,1H2,(H2,4,5);/q;+1. The molecule has 0 saturated heterocycles. The van der Waals surface area contributed by atoms with Crippen LogP contribution in [0.1, 0.15) is 0 Å². The van der Waals surface area contributed by atoms with Crippen molar-refractivity contribution in [2.45, 2.75) is 0 Å². The number of carbonyl (C=O) groups excluding carboxylic acids is 1. The molecule has 0 radical (unpaired) electrons. The van der Waals surface area contributed by atoms with Gasteiger partial charge in [-0.05, 0) is 17.2 Å². The molecule has 7 heavy (non-hydrogen) atoms. The van der Waals surface area contributed by atoms with Crippen molar-refractivity contribution in [2.75, 3.05) is 0 Å². The summed E-state index contributed by atoms with van der Waals surface area (Å²) >= 11 is 0.889. The predicted molar refractivity (Wildman–Crippen MR) is 27.4 cm³/mol. The average molecular weight is 211 g/mol. The zero-order valence-corrected chi connectivity index (χ0v) is 5.78. The third-order valence-corrected chi connectivity index (χ3v) is 0.598. The number of hydrogen-bond acceptors (Lipinski definition) is 2. The maximum absolute atomic E-state index is 9.71. The monoisotopic (exact) mass is 210 g/mol. The van der Waals surface area contributed by atoms with E-state index >= 15 is 0 Å². The Bertz CT molecular complexity index is 75.3. The van der Waals surface area contributed by atoms with Crippen molar-refractivity contribution >= 4 is 17.0 Å². The van der Waals surface area contributed by atoms with Crippen LogP contribution >= 0.6 is 11.8 Å². The number of nitrogens with two attached hydrogens (primary N) is 1. The molecule has 0 aliphatic carbocycles. The van der Waals surface area contributed by atoms with Crippen molar-refractivity contribution in [1.29, 1.82) is 0 Å². The maximum Gasteiger partial charge on any atom is 1.00 e. The Balaban J connectivity index is 0. The Kier molecular flexibility index (Phi) is 9.28. The zero-order valence-electron chi connectivity index (χ0n) is 3.48.